The van der Waals surface area contributed by atoms with Crippen LogP contribution >= 0.6 is 0 Å². The van der Waals surface area contributed by atoms with Crippen LogP contribution in [0.25, 0.3) is 94.9 Å². The van der Waals surface area contributed by atoms with Crippen molar-refractivity contribution in [1.82, 2.24) is 29.5 Å². The number of furan rings is 1. The first-order valence-electron chi connectivity index (χ1n) is 16.4. The normalized spacial score (nSPS) is 11.6. The molecule has 0 aliphatic carbocycles. The van der Waals surface area contributed by atoms with E-state index in [-0.39, 0.29) is 0 Å². The van der Waals surface area contributed by atoms with Crippen molar-refractivity contribution in [3.8, 4) is 51.0 Å². The molecule has 50 heavy (non-hydrogen) atoms. The molecule has 10 aromatic rings. The minimum absolute atomic E-state index is 0.539. The zero-order valence-corrected chi connectivity index (χ0v) is 26.6. The number of nitrogens with zero attached hydrogens (tertiary/aromatic N) is 6. The molecule has 0 saturated carbocycles. The minimum Gasteiger partial charge on any atom is -0.452 e. The maximum absolute atomic E-state index is 6.60. The molecule has 4 heterocycles. The van der Waals surface area contributed by atoms with Gasteiger partial charge < -0.3 is 8.98 Å². The van der Waals surface area contributed by atoms with Crippen LogP contribution in [0.1, 0.15) is 0 Å². The molecule has 0 radical (unpaired) electrons. The number of para-hydroxylation sites is 2. The highest BCUT2D eigenvalue weighted by Gasteiger charge is 2.22. The Hall–Kier alpha value is -6.99. The van der Waals surface area contributed by atoms with Crippen LogP contribution in [0.3, 0.4) is 0 Å². The predicted octanol–water partition coefficient (Wildman–Crippen LogP) is 10.3. The molecule has 0 bridgehead atoms. The van der Waals surface area contributed by atoms with E-state index < -0.39 is 0 Å². The van der Waals surface area contributed by atoms with E-state index in [1.165, 1.54) is 5.39 Å². The van der Waals surface area contributed by atoms with Gasteiger partial charge in [-0.3, -0.25) is 0 Å². The Balaban J connectivity index is 1.22. The summed E-state index contributed by atoms with van der Waals surface area (Å²) in [5, 5.41) is 3.17. The van der Waals surface area contributed by atoms with Gasteiger partial charge in [0.1, 0.15) is 17.4 Å². The summed E-state index contributed by atoms with van der Waals surface area (Å²) in [4.78, 5) is 23.9. The third kappa shape index (κ3) is 4.48. The van der Waals surface area contributed by atoms with E-state index in [0.29, 0.717) is 34.2 Å². The zero-order valence-electron chi connectivity index (χ0n) is 26.6. The van der Waals surface area contributed by atoms with E-state index in [9.17, 15) is 0 Å². The van der Waals surface area contributed by atoms with Crippen LogP contribution in [-0.4, -0.2) is 29.5 Å². The van der Waals surface area contributed by atoms with Crippen molar-refractivity contribution < 1.29 is 4.42 Å². The lowest BCUT2D eigenvalue weighted by atomic mass is 9.98. The summed E-state index contributed by atoms with van der Waals surface area (Å²) in [7, 11) is 0. The Labute approximate surface area is 286 Å². The molecule has 0 fully saturated rings. The van der Waals surface area contributed by atoms with Crippen LogP contribution < -0.4 is 0 Å². The molecule has 0 atom stereocenters. The Morgan fingerprint density at radius 1 is 0.500 bits per heavy atom. The van der Waals surface area contributed by atoms with Crippen LogP contribution in [0.5, 0.6) is 0 Å². The monoisotopic (exact) mass is 642 g/mol. The summed E-state index contributed by atoms with van der Waals surface area (Å²) in [5.41, 5.74) is 10.0. The second-order valence-corrected chi connectivity index (χ2v) is 12.2. The van der Waals surface area contributed by atoms with Gasteiger partial charge in [0.2, 0.25) is 0 Å². The topological polar surface area (TPSA) is 82.5 Å². The van der Waals surface area contributed by atoms with Gasteiger partial charge in [-0.05, 0) is 48.0 Å². The maximum Gasteiger partial charge on any atom is 0.172 e. The average Bonchev–Trinajstić information content (AvgIpc) is 3.75. The van der Waals surface area contributed by atoms with E-state index in [2.05, 4.69) is 88.4 Å². The number of fused-ring (bicyclic) bond motifs is 6. The van der Waals surface area contributed by atoms with Crippen LogP contribution in [0.4, 0.5) is 0 Å². The molecule has 0 aliphatic heterocycles. The highest BCUT2D eigenvalue weighted by Crippen LogP contribution is 2.42. The first-order chi connectivity index (χ1) is 24.8. The summed E-state index contributed by atoms with van der Waals surface area (Å²) >= 11 is 0. The Morgan fingerprint density at radius 3 is 1.86 bits per heavy atom. The summed E-state index contributed by atoms with van der Waals surface area (Å²) in [6, 6.07) is 49.8. The van der Waals surface area contributed by atoms with Crippen molar-refractivity contribution in [3.63, 3.8) is 0 Å². The second-order valence-electron chi connectivity index (χ2n) is 12.2. The summed E-state index contributed by atoms with van der Waals surface area (Å²) in [6.45, 7) is 0. The molecule has 10 rings (SSSR count). The number of hydrogen-bond acceptors (Lipinski definition) is 6. The second kappa shape index (κ2) is 11.3. The molecule has 0 aliphatic rings. The van der Waals surface area contributed by atoms with E-state index in [0.717, 1.165) is 55.3 Å². The fourth-order valence-corrected chi connectivity index (χ4v) is 6.95. The van der Waals surface area contributed by atoms with Crippen molar-refractivity contribution in [2.45, 2.75) is 0 Å². The van der Waals surface area contributed by atoms with Gasteiger partial charge in [-0.25, -0.2) is 24.9 Å². The van der Waals surface area contributed by atoms with Crippen molar-refractivity contribution in [2.75, 3.05) is 0 Å². The standard InChI is InChI=1S/C43H26N6O/c1-4-12-27(13-5-1)41-46-42(28-14-6-2-7-15-28)48-43(47-41)33-22-21-31(40-38(33)39-37(50-40)25-44-26-45-39)29-20-23-36-34(24-29)32-18-10-11-19-35(32)49(36)30-16-8-3-9-17-30/h1-26H. The summed E-state index contributed by atoms with van der Waals surface area (Å²) in [6.07, 6.45) is 3.27. The number of aromatic nitrogens is 6. The van der Waals surface area contributed by atoms with E-state index in [1.54, 1.807) is 12.5 Å². The van der Waals surface area contributed by atoms with Gasteiger partial charge in [-0.1, -0.05) is 103 Å². The highest BCUT2D eigenvalue weighted by molar-refractivity contribution is 6.15. The van der Waals surface area contributed by atoms with Gasteiger partial charge in [-0.2, -0.15) is 0 Å². The van der Waals surface area contributed by atoms with Crippen molar-refractivity contribution in [1.29, 1.82) is 0 Å². The lowest BCUT2D eigenvalue weighted by Gasteiger charge is -2.11. The van der Waals surface area contributed by atoms with Crippen LogP contribution in [0, 0.1) is 0 Å². The van der Waals surface area contributed by atoms with Gasteiger partial charge in [0.25, 0.3) is 0 Å². The maximum atomic E-state index is 6.60. The fraction of sp³-hybridized carbons (Fsp3) is 0. The predicted molar refractivity (Wildman–Crippen MR) is 199 cm³/mol. The van der Waals surface area contributed by atoms with E-state index in [1.807, 2.05) is 66.7 Å². The molecular weight excluding hydrogens is 617 g/mol. The number of benzene rings is 6. The lowest BCUT2D eigenvalue weighted by molar-refractivity contribution is 0.667. The highest BCUT2D eigenvalue weighted by atomic mass is 16.3. The molecule has 4 aromatic heterocycles. The van der Waals surface area contributed by atoms with Gasteiger partial charge in [0.05, 0.1) is 22.6 Å². The van der Waals surface area contributed by atoms with E-state index >= 15 is 0 Å². The fourth-order valence-electron chi connectivity index (χ4n) is 6.95. The molecular formula is C43H26N6O. The van der Waals surface area contributed by atoms with Crippen molar-refractivity contribution in [3.05, 3.63) is 158 Å². The molecule has 7 heteroatoms. The summed E-state index contributed by atoms with van der Waals surface area (Å²) in [5.74, 6) is 1.72. The lowest BCUT2D eigenvalue weighted by Crippen LogP contribution is -2.00. The number of rotatable bonds is 5. The number of hydrogen-bond donors (Lipinski definition) is 0. The zero-order chi connectivity index (χ0) is 33.0. The molecule has 0 spiro atoms. The smallest absolute Gasteiger partial charge is 0.172 e. The van der Waals surface area contributed by atoms with Gasteiger partial charge in [-0.15, -0.1) is 0 Å². The molecule has 0 unspecified atom stereocenters. The quantitative estimate of drug-likeness (QED) is 0.186. The third-order valence-corrected chi connectivity index (χ3v) is 9.22. The van der Waals surface area contributed by atoms with Crippen LogP contribution in [0.15, 0.2) is 163 Å². The third-order valence-electron chi connectivity index (χ3n) is 9.22. The van der Waals surface area contributed by atoms with Gasteiger partial charge in [0, 0.05) is 38.7 Å². The molecule has 0 amide bonds. The average molecular weight is 643 g/mol. The first-order valence-corrected chi connectivity index (χ1v) is 16.4. The van der Waals surface area contributed by atoms with Crippen molar-refractivity contribution >= 4 is 43.9 Å². The molecule has 6 aromatic carbocycles. The molecule has 0 N–H and O–H groups in total. The minimum atomic E-state index is 0.539. The van der Waals surface area contributed by atoms with Crippen LogP contribution in [-0.2, 0) is 0 Å². The molecule has 0 saturated heterocycles. The Kier molecular flexibility index (Phi) is 6.35. The molecule has 7 nitrogen and oxygen atoms in total. The van der Waals surface area contributed by atoms with E-state index in [4.69, 9.17) is 24.4 Å². The molecule has 234 valence electrons. The first kappa shape index (κ1) is 28.1. The Bertz CT molecular complexity index is 2810. The Morgan fingerprint density at radius 2 is 1.12 bits per heavy atom. The van der Waals surface area contributed by atoms with Gasteiger partial charge >= 0.3 is 0 Å². The van der Waals surface area contributed by atoms with Crippen LogP contribution in [0.2, 0.25) is 0 Å². The largest absolute Gasteiger partial charge is 0.452 e. The SMILES string of the molecule is c1ccc(-c2nc(-c3ccccc3)nc(-c3ccc(-c4ccc5c(c4)c4ccccc4n5-c4ccccc4)c4oc5cncnc5c34)n2)cc1. The van der Waals surface area contributed by atoms with Crippen molar-refractivity contribution in [2.24, 2.45) is 0 Å². The summed E-state index contributed by atoms with van der Waals surface area (Å²) < 4.78 is 8.92. The van der Waals surface area contributed by atoms with Gasteiger partial charge in [0.15, 0.2) is 23.1 Å².